The van der Waals surface area contributed by atoms with Crippen LogP contribution in [0.25, 0.3) is 0 Å². The van der Waals surface area contributed by atoms with E-state index in [1.54, 1.807) is 6.07 Å². The average Bonchev–Trinajstić information content (AvgIpc) is 2.68. The van der Waals surface area contributed by atoms with Crippen LogP contribution in [0.2, 0.25) is 0 Å². The summed E-state index contributed by atoms with van der Waals surface area (Å²) < 4.78 is 20.2. The number of hydrogen-bond donors (Lipinski definition) is 0. The number of fused-ring (bicyclic) bond motifs is 2. The molecular formula is C22H18FNO2. The first kappa shape index (κ1) is 16.3. The van der Waals surface area contributed by atoms with Gasteiger partial charge in [0, 0.05) is 24.0 Å². The van der Waals surface area contributed by atoms with Crippen molar-refractivity contribution in [1.29, 1.82) is 0 Å². The summed E-state index contributed by atoms with van der Waals surface area (Å²) in [5.74, 6) is -1.62. The fourth-order valence-corrected chi connectivity index (χ4v) is 3.48. The van der Waals surface area contributed by atoms with Crippen molar-refractivity contribution in [2.75, 3.05) is 11.9 Å². The van der Waals surface area contributed by atoms with Crippen molar-refractivity contribution < 1.29 is 13.9 Å². The lowest BCUT2D eigenvalue weighted by atomic mass is 9.84. The van der Waals surface area contributed by atoms with Crippen LogP contribution < -0.4 is 4.90 Å². The number of halogens is 1. The molecule has 1 aliphatic rings. The normalized spacial score (nSPS) is 15.2. The summed E-state index contributed by atoms with van der Waals surface area (Å²) in [6.45, 7) is 0.165. The number of anilines is 2. The van der Waals surface area contributed by atoms with Gasteiger partial charge >= 0.3 is 5.97 Å². The molecule has 130 valence electrons. The molecule has 1 heterocycles. The van der Waals surface area contributed by atoms with Crippen LogP contribution in [0, 0.1) is 5.82 Å². The molecule has 3 nitrogen and oxygen atoms in total. The Hall–Kier alpha value is -3.14. The van der Waals surface area contributed by atoms with Crippen molar-refractivity contribution in [3.63, 3.8) is 0 Å². The predicted octanol–water partition coefficient (Wildman–Crippen LogP) is 4.78. The lowest BCUT2D eigenvalue weighted by Crippen LogP contribution is -2.28. The Morgan fingerprint density at radius 3 is 2.46 bits per heavy atom. The lowest BCUT2D eigenvalue weighted by molar-refractivity contribution is -0.145. The van der Waals surface area contributed by atoms with E-state index in [0.29, 0.717) is 11.3 Å². The van der Waals surface area contributed by atoms with Gasteiger partial charge in [0.15, 0.2) is 0 Å². The van der Waals surface area contributed by atoms with Crippen LogP contribution in [-0.2, 0) is 16.1 Å². The molecule has 0 aliphatic carbocycles. The Kier molecular flexibility index (Phi) is 4.17. The van der Waals surface area contributed by atoms with Gasteiger partial charge in [-0.05, 0) is 29.3 Å². The molecule has 4 rings (SSSR count). The van der Waals surface area contributed by atoms with Crippen molar-refractivity contribution >= 4 is 17.3 Å². The number of nitrogens with zero attached hydrogens (tertiary/aromatic N) is 1. The molecule has 0 bridgehead atoms. The van der Waals surface area contributed by atoms with E-state index in [1.807, 2.05) is 72.6 Å². The number of ether oxygens (including phenoxy) is 1. The highest BCUT2D eigenvalue weighted by atomic mass is 19.1. The van der Waals surface area contributed by atoms with Gasteiger partial charge in [0.05, 0.1) is 0 Å². The van der Waals surface area contributed by atoms with Gasteiger partial charge in [0.2, 0.25) is 0 Å². The number of carbonyl (C=O) groups excluding carboxylic acids is 1. The highest BCUT2D eigenvalue weighted by Crippen LogP contribution is 2.46. The van der Waals surface area contributed by atoms with Crippen molar-refractivity contribution in [1.82, 2.24) is 0 Å². The zero-order valence-corrected chi connectivity index (χ0v) is 14.4. The van der Waals surface area contributed by atoms with E-state index >= 15 is 0 Å². The van der Waals surface area contributed by atoms with E-state index in [1.165, 1.54) is 6.07 Å². The van der Waals surface area contributed by atoms with Crippen LogP contribution >= 0.6 is 0 Å². The van der Waals surface area contributed by atoms with Crippen LogP contribution in [0.5, 0.6) is 0 Å². The third-order valence-corrected chi connectivity index (χ3v) is 4.75. The van der Waals surface area contributed by atoms with Crippen LogP contribution in [0.4, 0.5) is 15.8 Å². The summed E-state index contributed by atoms with van der Waals surface area (Å²) in [6.07, 6.45) is 0. The van der Waals surface area contributed by atoms with Crippen LogP contribution in [0.3, 0.4) is 0 Å². The molecule has 1 aliphatic heterocycles. The molecule has 0 radical (unpaired) electrons. The van der Waals surface area contributed by atoms with E-state index < -0.39 is 17.7 Å². The Balaban J connectivity index is 1.73. The molecule has 0 aromatic heterocycles. The SMILES string of the molecule is CN1c2ccccc2C(C(=O)OCc2ccccc2)c2c(F)cccc21. The molecule has 1 unspecified atom stereocenters. The highest BCUT2D eigenvalue weighted by Gasteiger charge is 2.36. The zero-order chi connectivity index (χ0) is 18.1. The van der Waals surface area contributed by atoms with Gasteiger partial charge in [0.1, 0.15) is 18.3 Å². The number of rotatable bonds is 3. The Labute approximate surface area is 151 Å². The van der Waals surface area contributed by atoms with Crippen molar-refractivity contribution in [2.24, 2.45) is 0 Å². The summed E-state index contributed by atoms with van der Waals surface area (Å²) in [7, 11) is 1.88. The molecule has 0 saturated heterocycles. The Bertz CT molecular complexity index is 955. The first-order chi connectivity index (χ1) is 12.7. The Morgan fingerprint density at radius 2 is 1.65 bits per heavy atom. The Morgan fingerprint density at radius 1 is 0.962 bits per heavy atom. The molecule has 26 heavy (non-hydrogen) atoms. The molecule has 0 fully saturated rings. The zero-order valence-electron chi connectivity index (χ0n) is 14.4. The van der Waals surface area contributed by atoms with Crippen molar-refractivity contribution in [2.45, 2.75) is 12.5 Å². The summed E-state index contributed by atoms with van der Waals surface area (Å²) in [5, 5.41) is 0. The maximum absolute atomic E-state index is 14.7. The summed E-state index contributed by atoms with van der Waals surface area (Å²) in [4.78, 5) is 14.9. The maximum atomic E-state index is 14.7. The van der Waals surface area contributed by atoms with E-state index in [0.717, 1.165) is 16.8 Å². The fourth-order valence-electron chi connectivity index (χ4n) is 3.48. The van der Waals surface area contributed by atoms with Crippen molar-refractivity contribution in [3.8, 4) is 0 Å². The molecular weight excluding hydrogens is 329 g/mol. The first-order valence-corrected chi connectivity index (χ1v) is 8.48. The number of benzene rings is 3. The maximum Gasteiger partial charge on any atom is 0.318 e. The van der Waals surface area contributed by atoms with Gasteiger partial charge < -0.3 is 9.64 Å². The quantitative estimate of drug-likeness (QED) is 0.639. The highest BCUT2D eigenvalue weighted by molar-refractivity contribution is 5.91. The van der Waals surface area contributed by atoms with Gasteiger partial charge in [-0.3, -0.25) is 4.79 Å². The van der Waals surface area contributed by atoms with E-state index in [-0.39, 0.29) is 6.61 Å². The van der Waals surface area contributed by atoms with E-state index in [4.69, 9.17) is 4.74 Å². The second-order valence-electron chi connectivity index (χ2n) is 6.32. The fraction of sp³-hybridized carbons (Fsp3) is 0.136. The lowest BCUT2D eigenvalue weighted by Gasteiger charge is -2.34. The topological polar surface area (TPSA) is 29.5 Å². The second kappa shape index (κ2) is 6.64. The van der Waals surface area contributed by atoms with E-state index in [9.17, 15) is 9.18 Å². The molecule has 0 amide bonds. The van der Waals surface area contributed by atoms with Gasteiger partial charge in [-0.1, -0.05) is 54.6 Å². The van der Waals surface area contributed by atoms with Crippen molar-refractivity contribution in [3.05, 3.63) is 95.3 Å². The van der Waals surface area contributed by atoms with E-state index in [2.05, 4.69) is 0 Å². The van der Waals surface area contributed by atoms with Gasteiger partial charge in [0.25, 0.3) is 0 Å². The van der Waals surface area contributed by atoms with Gasteiger partial charge in [-0.2, -0.15) is 0 Å². The molecule has 3 aromatic carbocycles. The summed E-state index contributed by atoms with van der Waals surface area (Å²) >= 11 is 0. The minimum atomic E-state index is -0.776. The minimum Gasteiger partial charge on any atom is -0.460 e. The summed E-state index contributed by atoms with van der Waals surface area (Å²) in [6, 6.07) is 21.9. The van der Waals surface area contributed by atoms with Crippen LogP contribution in [0.1, 0.15) is 22.6 Å². The number of esters is 1. The number of para-hydroxylation sites is 1. The van der Waals surface area contributed by atoms with Crippen LogP contribution in [0.15, 0.2) is 72.8 Å². The molecule has 0 spiro atoms. The number of carbonyl (C=O) groups is 1. The molecule has 4 heteroatoms. The molecule has 0 saturated carbocycles. The second-order valence-corrected chi connectivity index (χ2v) is 6.32. The first-order valence-electron chi connectivity index (χ1n) is 8.48. The minimum absolute atomic E-state index is 0.165. The van der Waals surface area contributed by atoms with Gasteiger partial charge in [-0.25, -0.2) is 4.39 Å². The average molecular weight is 347 g/mol. The molecule has 1 atom stereocenters. The summed E-state index contributed by atoms with van der Waals surface area (Å²) in [5.41, 5.74) is 3.59. The molecule has 0 N–H and O–H groups in total. The largest absolute Gasteiger partial charge is 0.460 e. The third kappa shape index (κ3) is 2.73. The van der Waals surface area contributed by atoms with Gasteiger partial charge in [-0.15, -0.1) is 0 Å². The van der Waals surface area contributed by atoms with Crippen LogP contribution in [-0.4, -0.2) is 13.0 Å². The molecule has 3 aromatic rings. The standard InChI is InChI=1S/C22H18FNO2/c1-24-18-12-6-5-10-16(18)20(21-17(23)11-7-13-19(21)24)22(25)26-14-15-8-3-2-4-9-15/h2-13,20H,14H2,1H3. The third-order valence-electron chi connectivity index (χ3n) is 4.75. The smallest absolute Gasteiger partial charge is 0.318 e. The monoisotopic (exact) mass is 347 g/mol. The predicted molar refractivity (Wildman–Crippen MR) is 99.0 cm³/mol. The number of hydrogen-bond acceptors (Lipinski definition) is 3.